The Bertz CT molecular complexity index is 835. The normalized spacial score (nSPS) is 18.7. The molecule has 6 nitrogen and oxygen atoms in total. The van der Waals surface area contributed by atoms with Crippen molar-refractivity contribution in [1.29, 1.82) is 5.26 Å². The number of hydrogen-bond donors (Lipinski definition) is 1. The average Bonchev–Trinajstić information content (AvgIpc) is 3.22. The molecule has 6 heteroatoms. The largest absolute Gasteiger partial charge is 0.447 e. The molecular weight excluding hydrogens is 390 g/mol. The minimum atomic E-state index is -0.330. The SMILES string of the molecule is CC.CC.CCCC(C)C1=C(C)OC(N)=C(C#N)C1c1ccc(N2CCOC2=O)cc1. The molecular formula is C25H37N3O3. The lowest BCUT2D eigenvalue weighted by Gasteiger charge is -2.31. The second-order valence-electron chi connectivity index (χ2n) is 6.98. The number of hydrogen-bond acceptors (Lipinski definition) is 5. The molecule has 2 unspecified atom stereocenters. The number of nitrogens with two attached hydrogens (primary N) is 1. The lowest BCUT2D eigenvalue weighted by Crippen LogP contribution is -2.24. The summed E-state index contributed by atoms with van der Waals surface area (Å²) in [6.45, 7) is 15.2. The summed E-state index contributed by atoms with van der Waals surface area (Å²) in [5.74, 6) is 0.971. The number of nitrogens with zero attached hydrogens (tertiary/aromatic N) is 2. The molecule has 0 radical (unpaired) electrons. The van der Waals surface area contributed by atoms with Gasteiger partial charge in [0, 0.05) is 11.6 Å². The molecule has 1 aromatic carbocycles. The molecule has 0 aromatic heterocycles. The first-order valence-electron chi connectivity index (χ1n) is 11.3. The Morgan fingerprint density at radius 1 is 1.23 bits per heavy atom. The van der Waals surface area contributed by atoms with Gasteiger partial charge in [-0.1, -0.05) is 60.1 Å². The fourth-order valence-corrected chi connectivity index (χ4v) is 3.94. The maximum absolute atomic E-state index is 11.8. The number of benzene rings is 1. The Morgan fingerprint density at radius 3 is 2.32 bits per heavy atom. The number of anilines is 1. The van der Waals surface area contributed by atoms with Gasteiger partial charge in [-0.05, 0) is 42.5 Å². The van der Waals surface area contributed by atoms with Crippen LogP contribution in [0.1, 0.15) is 72.8 Å². The minimum Gasteiger partial charge on any atom is -0.447 e. The highest BCUT2D eigenvalue weighted by Gasteiger charge is 2.34. The van der Waals surface area contributed by atoms with Crippen molar-refractivity contribution in [2.75, 3.05) is 18.1 Å². The summed E-state index contributed by atoms with van der Waals surface area (Å²) in [6, 6.07) is 9.92. The van der Waals surface area contributed by atoms with Crippen molar-refractivity contribution >= 4 is 11.8 Å². The van der Waals surface area contributed by atoms with Gasteiger partial charge in [-0.25, -0.2) is 4.79 Å². The summed E-state index contributed by atoms with van der Waals surface area (Å²) >= 11 is 0. The number of cyclic esters (lactones) is 1. The van der Waals surface area contributed by atoms with Gasteiger partial charge < -0.3 is 15.2 Å². The predicted molar refractivity (Wildman–Crippen MR) is 125 cm³/mol. The smallest absolute Gasteiger partial charge is 0.414 e. The van der Waals surface area contributed by atoms with Crippen LogP contribution in [0.25, 0.3) is 0 Å². The van der Waals surface area contributed by atoms with Crippen LogP contribution >= 0.6 is 0 Å². The molecule has 0 saturated carbocycles. The number of ether oxygens (including phenoxy) is 2. The molecule has 2 heterocycles. The molecule has 1 aromatic rings. The van der Waals surface area contributed by atoms with E-state index in [1.165, 1.54) is 0 Å². The van der Waals surface area contributed by atoms with Crippen LogP contribution in [-0.2, 0) is 9.47 Å². The van der Waals surface area contributed by atoms with Gasteiger partial charge in [0.2, 0.25) is 5.88 Å². The van der Waals surface area contributed by atoms with Crippen LogP contribution in [0.3, 0.4) is 0 Å². The van der Waals surface area contributed by atoms with Gasteiger partial charge in [0.15, 0.2) is 0 Å². The summed E-state index contributed by atoms with van der Waals surface area (Å²) in [7, 11) is 0. The number of allylic oxidation sites excluding steroid dienone is 3. The summed E-state index contributed by atoms with van der Waals surface area (Å²) in [5, 5.41) is 9.71. The molecule has 0 bridgehead atoms. The van der Waals surface area contributed by atoms with E-state index in [1.807, 2.05) is 58.9 Å². The van der Waals surface area contributed by atoms with Crippen LogP contribution in [0.5, 0.6) is 0 Å². The molecule has 1 amide bonds. The lowest BCUT2D eigenvalue weighted by molar-refractivity contribution is 0.181. The molecule has 1 fully saturated rings. The van der Waals surface area contributed by atoms with E-state index in [1.54, 1.807) is 4.90 Å². The second kappa shape index (κ2) is 12.7. The first-order valence-corrected chi connectivity index (χ1v) is 11.3. The van der Waals surface area contributed by atoms with Gasteiger partial charge in [0.1, 0.15) is 24.0 Å². The maximum Gasteiger partial charge on any atom is 0.414 e. The summed E-state index contributed by atoms with van der Waals surface area (Å²) in [4.78, 5) is 13.4. The van der Waals surface area contributed by atoms with E-state index in [0.717, 1.165) is 35.4 Å². The molecule has 31 heavy (non-hydrogen) atoms. The molecule has 3 rings (SSSR count). The maximum atomic E-state index is 11.8. The number of nitriles is 1. The van der Waals surface area contributed by atoms with Gasteiger partial charge in [-0.2, -0.15) is 5.26 Å². The lowest BCUT2D eigenvalue weighted by atomic mass is 9.76. The molecule has 0 spiro atoms. The highest BCUT2D eigenvalue weighted by Crippen LogP contribution is 2.43. The van der Waals surface area contributed by atoms with Crippen LogP contribution in [-0.4, -0.2) is 19.2 Å². The first-order chi connectivity index (χ1) is 15.0. The Kier molecular flexibility index (Phi) is 10.7. The molecule has 2 N–H and O–H groups in total. The Balaban J connectivity index is 0.00000113. The third-order valence-electron chi connectivity index (χ3n) is 5.21. The predicted octanol–water partition coefficient (Wildman–Crippen LogP) is 6.21. The van der Waals surface area contributed by atoms with Crippen LogP contribution in [0.2, 0.25) is 0 Å². The fourth-order valence-electron chi connectivity index (χ4n) is 3.94. The van der Waals surface area contributed by atoms with E-state index in [4.69, 9.17) is 15.2 Å². The number of carbonyl (C=O) groups excluding carboxylic acids is 1. The Labute approximate surface area is 187 Å². The molecule has 0 aliphatic carbocycles. The Morgan fingerprint density at radius 2 is 1.84 bits per heavy atom. The zero-order valence-electron chi connectivity index (χ0n) is 20.0. The fraction of sp³-hybridized carbons (Fsp3) is 0.520. The zero-order chi connectivity index (χ0) is 23.6. The molecule has 2 aliphatic heterocycles. The van der Waals surface area contributed by atoms with Crippen molar-refractivity contribution in [2.24, 2.45) is 11.7 Å². The van der Waals surface area contributed by atoms with Gasteiger partial charge in [0.25, 0.3) is 0 Å². The molecule has 170 valence electrons. The molecule has 2 aliphatic rings. The quantitative estimate of drug-likeness (QED) is 0.603. The van der Waals surface area contributed by atoms with E-state index in [9.17, 15) is 10.1 Å². The van der Waals surface area contributed by atoms with Crippen LogP contribution in [0, 0.1) is 17.2 Å². The number of carbonyl (C=O) groups is 1. The van der Waals surface area contributed by atoms with Gasteiger partial charge >= 0.3 is 6.09 Å². The monoisotopic (exact) mass is 427 g/mol. The van der Waals surface area contributed by atoms with Crippen molar-refractivity contribution in [3.05, 3.63) is 52.6 Å². The van der Waals surface area contributed by atoms with E-state index in [0.29, 0.717) is 18.7 Å². The van der Waals surface area contributed by atoms with Gasteiger partial charge in [0.05, 0.1) is 6.54 Å². The van der Waals surface area contributed by atoms with Gasteiger partial charge in [-0.3, -0.25) is 4.90 Å². The van der Waals surface area contributed by atoms with Crippen molar-refractivity contribution in [2.45, 2.75) is 67.2 Å². The van der Waals surface area contributed by atoms with Crippen LogP contribution in [0.15, 0.2) is 47.1 Å². The van der Waals surface area contributed by atoms with E-state index >= 15 is 0 Å². The van der Waals surface area contributed by atoms with Crippen molar-refractivity contribution in [3.8, 4) is 6.07 Å². The zero-order valence-corrected chi connectivity index (χ0v) is 20.0. The number of rotatable bonds is 5. The molecule has 2 atom stereocenters. The Hall–Kier alpha value is -2.94. The van der Waals surface area contributed by atoms with E-state index < -0.39 is 0 Å². The summed E-state index contributed by atoms with van der Waals surface area (Å²) in [5.41, 5.74) is 9.30. The van der Waals surface area contributed by atoms with E-state index in [-0.39, 0.29) is 23.8 Å². The summed E-state index contributed by atoms with van der Waals surface area (Å²) in [6.07, 6.45) is 1.72. The van der Waals surface area contributed by atoms with Gasteiger partial charge in [-0.15, -0.1) is 0 Å². The standard InChI is InChI=1S/C21H25N3O3.2C2H6/c1-4-5-13(2)18-14(3)27-20(23)17(12-22)19(18)15-6-8-16(9-7-15)24-10-11-26-21(24)25;2*1-2/h6-9,13,19H,4-5,10-11,23H2,1-3H3;2*1-2H3. The average molecular weight is 428 g/mol. The van der Waals surface area contributed by atoms with E-state index in [2.05, 4.69) is 19.9 Å². The number of amides is 1. The highest BCUT2D eigenvalue weighted by atomic mass is 16.6. The van der Waals surface area contributed by atoms with Crippen molar-refractivity contribution in [3.63, 3.8) is 0 Å². The summed E-state index contributed by atoms with van der Waals surface area (Å²) < 4.78 is 10.7. The van der Waals surface area contributed by atoms with Crippen molar-refractivity contribution in [1.82, 2.24) is 0 Å². The highest BCUT2D eigenvalue weighted by molar-refractivity contribution is 5.89. The first kappa shape index (κ1) is 26.1. The third-order valence-corrected chi connectivity index (χ3v) is 5.21. The van der Waals surface area contributed by atoms with Crippen molar-refractivity contribution < 1.29 is 14.3 Å². The van der Waals surface area contributed by atoms with Crippen LogP contribution in [0.4, 0.5) is 10.5 Å². The minimum absolute atomic E-state index is 0.166. The second-order valence-corrected chi connectivity index (χ2v) is 6.98. The third kappa shape index (κ3) is 5.81. The van der Waals surface area contributed by atoms with Crippen LogP contribution < -0.4 is 10.6 Å². The molecule has 1 saturated heterocycles. The topological polar surface area (TPSA) is 88.6 Å².